The molecule has 0 aliphatic heterocycles. The maximum atomic E-state index is 12.4. The normalized spacial score (nSPS) is 11.8. The molecule has 0 saturated carbocycles. The Morgan fingerprint density at radius 1 is 1.22 bits per heavy atom. The third kappa shape index (κ3) is 4.40. The van der Waals surface area contributed by atoms with Crippen molar-refractivity contribution >= 4 is 23.4 Å². The van der Waals surface area contributed by atoms with Crippen LogP contribution in [0.1, 0.15) is 12.5 Å². The van der Waals surface area contributed by atoms with Crippen LogP contribution in [0.15, 0.2) is 53.7 Å². The minimum absolute atomic E-state index is 0.125. The van der Waals surface area contributed by atoms with E-state index in [0.717, 1.165) is 22.6 Å². The van der Waals surface area contributed by atoms with E-state index in [1.54, 1.807) is 14.0 Å². The van der Waals surface area contributed by atoms with Gasteiger partial charge in [-0.1, -0.05) is 23.9 Å². The Labute approximate surface area is 161 Å². The number of aryl methyl sites for hydroxylation is 1. The number of aromatic nitrogens is 3. The van der Waals surface area contributed by atoms with E-state index >= 15 is 0 Å². The standard InChI is InChI=1S/C19H21N5O2S/c1-12-5-4-6-15(11-12)21-18(25)13(2)27-19-23-22-17(24(19)20)14-7-9-16(26-3)10-8-14/h4-11,13H,20H2,1-3H3,(H,21,25)/t13-/m0/s1. The van der Waals surface area contributed by atoms with E-state index in [0.29, 0.717) is 11.0 Å². The van der Waals surface area contributed by atoms with Gasteiger partial charge in [-0.2, -0.15) is 0 Å². The first kappa shape index (κ1) is 18.8. The van der Waals surface area contributed by atoms with Crippen LogP contribution in [0, 0.1) is 6.92 Å². The number of benzene rings is 2. The average Bonchev–Trinajstić information content (AvgIpc) is 3.02. The lowest BCUT2D eigenvalue weighted by molar-refractivity contribution is -0.115. The van der Waals surface area contributed by atoms with Crippen LogP contribution in [0.5, 0.6) is 5.75 Å². The van der Waals surface area contributed by atoms with Gasteiger partial charge >= 0.3 is 0 Å². The zero-order valence-electron chi connectivity index (χ0n) is 15.3. The molecule has 0 unspecified atom stereocenters. The molecular formula is C19H21N5O2S. The molecule has 3 rings (SSSR count). The topological polar surface area (TPSA) is 95.1 Å². The first-order chi connectivity index (χ1) is 13.0. The predicted octanol–water partition coefficient (Wildman–Crippen LogP) is 3.10. The highest BCUT2D eigenvalue weighted by atomic mass is 32.2. The number of hydrogen-bond acceptors (Lipinski definition) is 6. The highest BCUT2D eigenvalue weighted by molar-refractivity contribution is 8.00. The van der Waals surface area contributed by atoms with E-state index in [1.165, 1.54) is 16.4 Å². The van der Waals surface area contributed by atoms with Crippen molar-refractivity contribution in [1.82, 2.24) is 14.9 Å². The number of nitrogens with two attached hydrogens (primary N) is 1. The van der Waals surface area contributed by atoms with Gasteiger partial charge in [0.15, 0.2) is 5.82 Å². The molecule has 0 fully saturated rings. The number of ether oxygens (including phenoxy) is 1. The number of carbonyl (C=O) groups excluding carboxylic acids is 1. The summed E-state index contributed by atoms with van der Waals surface area (Å²) in [6, 6.07) is 15.0. The molecule has 1 amide bonds. The molecular weight excluding hydrogens is 362 g/mol. The van der Waals surface area contributed by atoms with Gasteiger partial charge in [-0.3, -0.25) is 4.79 Å². The fourth-order valence-electron chi connectivity index (χ4n) is 2.47. The molecule has 0 aliphatic rings. The Kier molecular flexibility index (Phi) is 5.66. The van der Waals surface area contributed by atoms with Crippen LogP contribution in [0.25, 0.3) is 11.4 Å². The van der Waals surface area contributed by atoms with E-state index in [2.05, 4.69) is 15.5 Å². The van der Waals surface area contributed by atoms with Gasteiger partial charge in [0.1, 0.15) is 5.75 Å². The van der Waals surface area contributed by atoms with Crippen molar-refractivity contribution in [2.75, 3.05) is 18.3 Å². The second kappa shape index (κ2) is 8.13. The number of carbonyl (C=O) groups is 1. The molecule has 7 nitrogen and oxygen atoms in total. The van der Waals surface area contributed by atoms with Gasteiger partial charge in [0.05, 0.1) is 12.4 Å². The van der Waals surface area contributed by atoms with Gasteiger partial charge in [-0.15, -0.1) is 10.2 Å². The first-order valence-corrected chi connectivity index (χ1v) is 9.25. The second-order valence-corrected chi connectivity index (χ2v) is 7.33. The van der Waals surface area contributed by atoms with Crippen molar-refractivity contribution < 1.29 is 9.53 Å². The molecule has 27 heavy (non-hydrogen) atoms. The lowest BCUT2D eigenvalue weighted by Gasteiger charge is -2.12. The molecule has 3 N–H and O–H groups in total. The SMILES string of the molecule is COc1ccc(-c2nnc(S[C@@H](C)C(=O)Nc3cccc(C)c3)n2N)cc1. The fraction of sp³-hybridized carbons (Fsp3) is 0.211. The van der Waals surface area contributed by atoms with Gasteiger partial charge in [-0.05, 0) is 55.8 Å². The average molecular weight is 383 g/mol. The molecule has 0 radical (unpaired) electrons. The van der Waals surface area contributed by atoms with Crippen LogP contribution >= 0.6 is 11.8 Å². The Hall–Kier alpha value is -3.00. The number of amides is 1. The van der Waals surface area contributed by atoms with E-state index in [9.17, 15) is 4.79 Å². The Balaban J connectivity index is 1.70. The monoisotopic (exact) mass is 383 g/mol. The summed E-state index contributed by atoms with van der Waals surface area (Å²) in [5.41, 5.74) is 2.66. The minimum Gasteiger partial charge on any atom is -0.497 e. The molecule has 0 bridgehead atoms. The van der Waals surface area contributed by atoms with Gasteiger partial charge in [0.2, 0.25) is 11.1 Å². The van der Waals surface area contributed by atoms with Crippen LogP contribution in [0.3, 0.4) is 0 Å². The summed E-state index contributed by atoms with van der Waals surface area (Å²) >= 11 is 1.25. The van der Waals surface area contributed by atoms with Crippen molar-refractivity contribution in [2.45, 2.75) is 24.3 Å². The maximum absolute atomic E-state index is 12.4. The summed E-state index contributed by atoms with van der Waals surface area (Å²) in [5.74, 6) is 7.28. The quantitative estimate of drug-likeness (QED) is 0.502. The number of nitrogens with zero attached hydrogens (tertiary/aromatic N) is 3. The second-order valence-electron chi connectivity index (χ2n) is 6.02. The molecule has 2 aromatic carbocycles. The Morgan fingerprint density at radius 3 is 2.63 bits per heavy atom. The number of nitrogens with one attached hydrogen (secondary N) is 1. The van der Waals surface area contributed by atoms with Crippen molar-refractivity contribution in [3.05, 3.63) is 54.1 Å². The predicted molar refractivity (Wildman–Crippen MR) is 107 cm³/mol. The summed E-state index contributed by atoms with van der Waals surface area (Å²) in [4.78, 5) is 12.4. The van der Waals surface area contributed by atoms with Crippen molar-refractivity contribution in [1.29, 1.82) is 0 Å². The maximum Gasteiger partial charge on any atom is 0.237 e. The van der Waals surface area contributed by atoms with Crippen molar-refractivity contribution in [3.63, 3.8) is 0 Å². The molecule has 3 aromatic rings. The van der Waals surface area contributed by atoms with Gasteiger partial charge in [0, 0.05) is 11.3 Å². The largest absolute Gasteiger partial charge is 0.497 e. The highest BCUT2D eigenvalue weighted by Gasteiger charge is 2.20. The molecule has 1 aromatic heterocycles. The van der Waals surface area contributed by atoms with Crippen LogP contribution in [0.2, 0.25) is 0 Å². The zero-order chi connectivity index (χ0) is 19.4. The Morgan fingerprint density at radius 2 is 1.96 bits per heavy atom. The van der Waals surface area contributed by atoms with Crippen LogP contribution in [-0.4, -0.2) is 33.1 Å². The summed E-state index contributed by atoms with van der Waals surface area (Å²) in [6.07, 6.45) is 0. The molecule has 8 heteroatoms. The number of nitrogen functional groups attached to an aromatic ring is 1. The number of hydrogen-bond donors (Lipinski definition) is 2. The number of methoxy groups -OCH3 is 1. The molecule has 140 valence electrons. The molecule has 0 spiro atoms. The van der Waals surface area contributed by atoms with E-state index in [4.69, 9.17) is 10.6 Å². The molecule has 1 heterocycles. The number of anilines is 1. The molecule has 0 aliphatic carbocycles. The molecule has 1 atom stereocenters. The van der Waals surface area contributed by atoms with E-state index < -0.39 is 0 Å². The summed E-state index contributed by atoms with van der Waals surface area (Å²) in [7, 11) is 1.61. The third-order valence-corrected chi connectivity index (χ3v) is 5.01. The Bertz CT molecular complexity index is 940. The first-order valence-electron chi connectivity index (χ1n) is 8.37. The van der Waals surface area contributed by atoms with Crippen LogP contribution in [0.4, 0.5) is 5.69 Å². The van der Waals surface area contributed by atoms with E-state index in [1.807, 2.05) is 55.5 Å². The lowest BCUT2D eigenvalue weighted by Crippen LogP contribution is -2.23. The van der Waals surface area contributed by atoms with Gasteiger partial charge in [0.25, 0.3) is 0 Å². The van der Waals surface area contributed by atoms with Crippen LogP contribution in [-0.2, 0) is 4.79 Å². The zero-order valence-corrected chi connectivity index (χ0v) is 16.2. The third-order valence-electron chi connectivity index (χ3n) is 3.95. The van der Waals surface area contributed by atoms with Gasteiger partial charge in [-0.25, -0.2) is 4.68 Å². The van der Waals surface area contributed by atoms with Crippen LogP contribution < -0.4 is 15.9 Å². The fourth-order valence-corrected chi connectivity index (χ4v) is 3.24. The minimum atomic E-state index is -0.388. The molecule has 0 saturated heterocycles. The van der Waals surface area contributed by atoms with Gasteiger partial charge < -0.3 is 15.9 Å². The lowest BCUT2D eigenvalue weighted by atomic mass is 10.2. The van der Waals surface area contributed by atoms with E-state index in [-0.39, 0.29) is 11.2 Å². The van der Waals surface area contributed by atoms with Crippen molar-refractivity contribution in [2.24, 2.45) is 0 Å². The highest BCUT2D eigenvalue weighted by Crippen LogP contribution is 2.26. The number of rotatable bonds is 6. The smallest absolute Gasteiger partial charge is 0.237 e. The summed E-state index contributed by atoms with van der Waals surface area (Å²) < 4.78 is 6.54. The van der Waals surface area contributed by atoms with Crippen molar-refractivity contribution in [3.8, 4) is 17.1 Å². The summed E-state index contributed by atoms with van der Waals surface area (Å²) in [6.45, 7) is 3.78. The number of thioether (sulfide) groups is 1. The summed E-state index contributed by atoms with van der Waals surface area (Å²) in [5, 5.41) is 11.2.